The molecule has 1 aliphatic rings. The van der Waals surface area contributed by atoms with E-state index < -0.39 is 10.0 Å². The average Bonchev–Trinajstić information content (AvgIpc) is 2.70. The number of rotatable bonds is 8. The fourth-order valence-electron chi connectivity index (χ4n) is 3.02. The van der Waals surface area contributed by atoms with E-state index in [1.54, 1.807) is 18.2 Å². The van der Waals surface area contributed by atoms with E-state index in [0.717, 1.165) is 5.75 Å². The Hall–Kier alpha value is -2.13. The second-order valence-corrected chi connectivity index (χ2v) is 9.72. The van der Waals surface area contributed by atoms with Crippen LogP contribution in [0.1, 0.15) is 38.5 Å². The zero-order chi connectivity index (χ0) is 19.8. The van der Waals surface area contributed by atoms with Crippen molar-refractivity contribution in [1.82, 2.24) is 9.97 Å². The number of carbonyl (C=O) groups excluding carboxylic acids is 1. The highest BCUT2D eigenvalue weighted by molar-refractivity contribution is 7.99. The van der Waals surface area contributed by atoms with Gasteiger partial charge in [-0.25, -0.2) is 23.1 Å². The third-order valence-electron chi connectivity index (χ3n) is 4.47. The first kappa shape index (κ1) is 20.6. The van der Waals surface area contributed by atoms with E-state index in [1.807, 2.05) is 11.8 Å². The maximum absolute atomic E-state index is 12.3. The van der Waals surface area contributed by atoms with Crippen LogP contribution in [0.15, 0.2) is 47.6 Å². The minimum atomic E-state index is -3.78. The van der Waals surface area contributed by atoms with E-state index in [9.17, 15) is 13.2 Å². The highest BCUT2D eigenvalue weighted by Crippen LogP contribution is 2.28. The number of benzene rings is 1. The van der Waals surface area contributed by atoms with Gasteiger partial charge in [0.2, 0.25) is 11.9 Å². The van der Waals surface area contributed by atoms with Crippen LogP contribution in [0.2, 0.25) is 0 Å². The molecule has 0 saturated heterocycles. The third kappa shape index (κ3) is 6.20. The maximum atomic E-state index is 12.3. The molecule has 0 spiro atoms. The van der Waals surface area contributed by atoms with Crippen molar-refractivity contribution in [1.29, 1.82) is 0 Å². The summed E-state index contributed by atoms with van der Waals surface area (Å²) in [6, 6.07) is 7.64. The fourth-order valence-corrected chi connectivity index (χ4v) is 5.28. The fraction of sp³-hybridized carbons (Fsp3) is 0.421. The number of hydrogen-bond acceptors (Lipinski definition) is 6. The minimum Gasteiger partial charge on any atom is -0.326 e. The number of thioether (sulfide) groups is 1. The lowest BCUT2D eigenvalue weighted by Gasteiger charge is -2.20. The molecule has 0 atom stereocenters. The van der Waals surface area contributed by atoms with Crippen molar-refractivity contribution in [3.05, 3.63) is 42.7 Å². The Bertz CT molecular complexity index is 868. The van der Waals surface area contributed by atoms with Gasteiger partial charge in [0.25, 0.3) is 10.0 Å². The van der Waals surface area contributed by atoms with Crippen molar-refractivity contribution in [2.45, 2.75) is 48.7 Å². The van der Waals surface area contributed by atoms with E-state index in [2.05, 4.69) is 20.0 Å². The van der Waals surface area contributed by atoms with E-state index in [4.69, 9.17) is 0 Å². The van der Waals surface area contributed by atoms with Gasteiger partial charge >= 0.3 is 0 Å². The van der Waals surface area contributed by atoms with Crippen molar-refractivity contribution in [2.24, 2.45) is 0 Å². The summed E-state index contributed by atoms with van der Waals surface area (Å²) in [6.07, 6.45) is 9.79. The average molecular weight is 421 g/mol. The van der Waals surface area contributed by atoms with E-state index in [-0.39, 0.29) is 16.8 Å². The van der Waals surface area contributed by atoms with Gasteiger partial charge in [-0.05, 0) is 43.2 Å². The molecule has 1 heterocycles. The van der Waals surface area contributed by atoms with Crippen LogP contribution >= 0.6 is 11.8 Å². The van der Waals surface area contributed by atoms with E-state index in [0.29, 0.717) is 17.4 Å². The van der Waals surface area contributed by atoms with Gasteiger partial charge in [-0.1, -0.05) is 19.3 Å². The topological polar surface area (TPSA) is 101 Å². The second kappa shape index (κ2) is 9.88. The summed E-state index contributed by atoms with van der Waals surface area (Å²) in [6.45, 7) is 0. The zero-order valence-electron chi connectivity index (χ0n) is 15.5. The minimum absolute atomic E-state index is 0.00958. The van der Waals surface area contributed by atoms with Crippen LogP contribution in [0.25, 0.3) is 0 Å². The lowest BCUT2D eigenvalue weighted by molar-refractivity contribution is -0.115. The number of amides is 1. The number of hydrogen-bond donors (Lipinski definition) is 2. The van der Waals surface area contributed by atoms with Crippen LogP contribution in [-0.4, -0.2) is 35.3 Å². The Balaban J connectivity index is 1.48. The number of nitrogens with zero attached hydrogens (tertiary/aromatic N) is 2. The van der Waals surface area contributed by atoms with Crippen LogP contribution in [0, 0.1) is 0 Å². The molecular formula is C19H24N4O3S2. The molecule has 0 unspecified atom stereocenters. The van der Waals surface area contributed by atoms with Gasteiger partial charge in [-0.2, -0.15) is 11.8 Å². The Kier molecular flexibility index (Phi) is 7.27. The molecule has 2 N–H and O–H groups in total. The number of carbonyl (C=O) groups is 1. The quantitative estimate of drug-likeness (QED) is 0.676. The van der Waals surface area contributed by atoms with Crippen molar-refractivity contribution in [3.8, 4) is 0 Å². The Labute approximate surface area is 169 Å². The number of anilines is 2. The Morgan fingerprint density at radius 2 is 1.75 bits per heavy atom. The molecule has 1 saturated carbocycles. The van der Waals surface area contributed by atoms with Crippen LogP contribution in [0.5, 0.6) is 0 Å². The maximum Gasteiger partial charge on any atom is 0.264 e. The Morgan fingerprint density at radius 1 is 1.07 bits per heavy atom. The molecule has 9 heteroatoms. The highest BCUT2D eigenvalue weighted by Gasteiger charge is 2.16. The predicted octanol–water partition coefficient (Wildman–Crippen LogP) is 3.67. The monoisotopic (exact) mass is 420 g/mol. The standard InChI is InChI=1S/C19H24N4O3S2/c24-18(11-14-27-16-5-2-1-3-6-16)22-15-7-9-17(10-8-15)28(25,26)23-19-20-12-4-13-21-19/h4,7-10,12-13,16H,1-3,5-6,11,14H2,(H,22,24)(H,20,21,23). The molecule has 0 bridgehead atoms. The van der Waals surface area contributed by atoms with Gasteiger partial charge in [-0.15, -0.1) is 0 Å². The van der Waals surface area contributed by atoms with Crippen LogP contribution in [-0.2, 0) is 14.8 Å². The first-order valence-corrected chi connectivity index (χ1v) is 11.9. The molecule has 150 valence electrons. The molecule has 7 nitrogen and oxygen atoms in total. The molecule has 2 aromatic rings. The van der Waals surface area contributed by atoms with Gasteiger partial charge in [0.1, 0.15) is 0 Å². The lowest BCUT2D eigenvalue weighted by Crippen LogP contribution is -2.16. The normalized spacial score (nSPS) is 15.1. The van der Waals surface area contributed by atoms with E-state index >= 15 is 0 Å². The molecule has 0 aliphatic heterocycles. The summed E-state index contributed by atoms with van der Waals surface area (Å²) in [4.78, 5) is 19.9. The smallest absolute Gasteiger partial charge is 0.264 e. The first-order valence-electron chi connectivity index (χ1n) is 9.34. The van der Waals surface area contributed by atoms with Gasteiger partial charge < -0.3 is 5.32 Å². The zero-order valence-corrected chi connectivity index (χ0v) is 17.1. The number of sulfonamides is 1. The molecule has 1 aromatic heterocycles. The molecule has 1 aromatic carbocycles. The van der Waals surface area contributed by atoms with Gasteiger partial charge in [0, 0.05) is 35.5 Å². The van der Waals surface area contributed by atoms with Gasteiger partial charge in [0.05, 0.1) is 4.90 Å². The summed E-state index contributed by atoms with van der Waals surface area (Å²) in [5.41, 5.74) is 0.572. The summed E-state index contributed by atoms with van der Waals surface area (Å²) < 4.78 is 27.0. The molecule has 28 heavy (non-hydrogen) atoms. The number of aromatic nitrogens is 2. The van der Waals surface area contributed by atoms with Crippen LogP contribution in [0.4, 0.5) is 11.6 Å². The molecule has 1 fully saturated rings. The summed E-state index contributed by atoms with van der Waals surface area (Å²) in [7, 11) is -3.78. The summed E-state index contributed by atoms with van der Waals surface area (Å²) in [5, 5.41) is 3.50. The third-order valence-corrected chi connectivity index (χ3v) is 7.20. The molecular weight excluding hydrogens is 396 g/mol. The van der Waals surface area contributed by atoms with Crippen LogP contribution in [0.3, 0.4) is 0 Å². The molecule has 3 rings (SSSR count). The summed E-state index contributed by atoms with van der Waals surface area (Å²) >= 11 is 1.88. The number of nitrogens with one attached hydrogen (secondary N) is 2. The SMILES string of the molecule is O=C(CCSC1CCCCC1)Nc1ccc(S(=O)(=O)Nc2ncccn2)cc1. The summed E-state index contributed by atoms with van der Waals surface area (Å²) in [5.74, 6) is 0.759. The van der Waals surface area contributed by atoms with Gasteiger partial charge in [-0.3, -0.25) is 4.79 Å². The molecule has 0 radical (unpaired) electrons. The highest BCUT2D eigenvalue weighted by atomic mass is 32.2. The van der Waals surface area contributed by atoms with Crippen molar-refractivity contribution < 1.29 is 13.2 Å². The lowest BCUT2D eigenvalue weighted by atomic mass is 10.0. The second-order valence-electron chi connectivity index (χ2n) is 6.63. The molecule has 1 amide bonds. The molecule has 1 aliphatic carbocycles. The predicted molar refractivity (Wildman–Crippen MR) is 112 cm³/mol. The Morgan fingerprint density at radius 3 is 2.43 bits per heavy atom. The van der Waals surface area contributed by atoms with Crippen molar-refractivity contribution in [3.63, 3.8) is 0 Å². The largest absolute Gasteiger partial charge is 0.326 e. The van der Waals surface area contributed by atoms with Gasteiger partial charge in [0.15, 0.2) is 0 Å². The van der Waals surface area contributed by atoms with Crippen molar-refractivity contribution >= 4 is 39.3 Å². The first-order chi connectivity index (χ1) is 13.5. The van der Waals surface area contributed by atoms with Crippen molar-refractivity contribution in [2.75, 3.05) is 15.8 Å². The van der Waals surface area contributed by atoms with E-state index in [1.165, 1.54) is 56.6 Å². The van der Waals surface area contributed by atoms with Crippen LogP contribution < -0.4 is 10.0 Å².